The number of hydrogen-bond donors (Lipinski definition) is 6. The van der Waals surface area contributed by atoms with Gasteiger partial charge in [-0.1, -0.05) is 0 Å². The molecule has 2 aromatic rings. The molecule has 0 radical (unpaired) electrons. The van der Waals surface area contributed by atoms with Gasteiger partial charge in [-0.2, -0.15) is 8.62 Å². The van der Waals surface area contributed by atoms with E-state index in [4.69, 9.17) is 31.9 Å². The van der Waals surface area contributed by atoms with Crippen molar-refractivity contribution in [3.8, 4) is 0 Å². The topological polar surface area (TPSA) is 246 Å². The number of aromatic nitrogens is 3. The second kappa shape index (κ2) is 8.88. The molecule has 0 saturated carbocycles. The van der Waals surface area contributed by atoms with E-state index in [-0.39, 0.29) is 16.9 Å². The van der Waals surface area contributed by atoms with Gasteiger partial charge in [0.1, 0.15) is 29.2 Å². The van der Waals surface area contributed by atoms with Crippen molar-refractivity contribution in [2.75, 3.05) is 12.3 Å². The molecule has 0 amide bonds. The monoisotopic (exact) mass is 556 g/mol. The summed E-state index contributed by atoms with van der Waals surface area (Å²) in [6.07, 6.45) is -2.40. The summed E-state index contributed by atoms with van der Waals surface area (Å²) in [7, 11) is -16.8. The molecule has 3 rings (SSSR count). The molecule has 7 N–H and O–H groups in total. The van der Waals surface area contributed by atoms with Gasteiger partial charge in [-0.05, 0) is 6.92 Å². The van der Waals surface area contributed by atoms with Crippen molar-refractivity contribution >= 4 is 51.9 Å². The van der Waals surface area contributed by atoms with Crippen molar-refractivity contribution in [1.29, 1.82) is 0 Å². The average molecular weight is 557 g/mol. The van der Waals surface area contributed by atoms with Crippen LogP contribution in [0.15, 0.2) is 12.5 Å². The Balaban J connectivity index is 1.78. The van der Waals surface area contributed by atoms with Crippen LogP contribution in [0.4, 0.5) is 10.2 Å². The molecule has 2 aromatic heterocycles. The number of fused-ring (bicyclic) bond motifs is 1. The fraction of sp³-hybridized carbons (Fsp3) is 0.500. The molecule has 1 fully saturated rings. The Hall–Kier alpha value is -1.03. The summed E-state index contributed by atoms with van der Waals surface area (Å²) in [5.41, 5.74) is 5.62. The molecule has 6 unspecified atom stereocenters. The van der Waals surface area contributed by atoms with Crippen molar-refractivity contribution in [2.45, 2.75) is 30.2 Å². The molecular weight excluding hydrogens is 540 g/mol. The molecule has 0 aromatic carbocycles. The number of nitrogens with two attached hydrogens (primary N) is 1. The fourth-order valence-corrected chi connectivity index (χ4v) is 6.39. The van der Waals surface area contributed by atoms with Crippen LogP contribution in [0.2, 0.25) is 0 Å². The van der Waals surface area contributed by atoms with E-state index in [0.29, 0.717) is 0 Å². The summed E-state index contributed by atoms with van der Waals surface area (Å²) in [5, 5.41) is 10.4. The predicted octanol–water partition coefficient (Wildman–Crippen LogP) is 0.752. The number of phosphoric ester groups is 1. The van der Waals surface area contributed by atoms with E-state index < -0.39 is 59.2 Å². The molecule has 1 aliphatic rings. The van der Waals surface area contributed by atoms with E-state index >= 15 is 0 Å². The molecule has 21 heteroatoms. The van der Waals surface area contributed by atoms with Gasteiger partial charge in [0.05, 0.1) is 12.0 Å². The highest BCUT2D eigenvalue weighted by Crippen LogP contribution is 2.66. The van der Waals surface area contributed by atoms with Crippen molar-refractivity contribution in [3.63, 3.8) is 0 Å². The van der Waals surface area contributed by atoms with Gasteiger partial charge in [-0.15, -0.1) is 11.6 Å². The molecule has 1 aliphatic heterocycles. The number of aliphatic hydroxyl groups excluding tert-OH is 1. The molecule has 1 saturated heterocycles. The summed E-state index contributed by atoms with van der Waals surface area (Å²) >= 11 is 6.39. The minimum atomic E-state index is -5.73. The van der Waals surface area contributed by atoms with Crippen molar-refractivity contribution in [2.24, 2.45) is 0 Å². The number of ether oxygens (including phenoxy) is 1. The summed E-state index contributed by atoms with van der Waals surface area (Å²) in [5.74, 6) is -0.986. The molecule has 0 spiro atoms. The van der Waals surface area contributed by atoms with Gasteiger partial charge in [0.15, 0.2) is 17.7 Å². The first kappa shape index (κ1) is 26.6. The Morgan fingerprint density at radius 2 is 1.88 bits per heavy atom. The number of halogens is 2. The molecule has 0 bridgehead atoms. The van der Waals surface area contributed by atoms with Crippen LogP contribution < -0.4 is 5.73 Å². The minimum absolute atomic E-state index is 0.0300. The zero-order chi connectivity index (χ0) is 25.0. The number of nitrogens with zero attached hydrogens (tertiary/aromatic N) is 3. The van der Waals surface area contributed by atoms with E-state index in [9.17, 15) is 33.0 Å². The normalized spacial score (nSPS) is 29.8. The predicted molar refractivity (Wildman–Crippen MR) is 106 cm³/mol. The van der Waals surface area contributed by atoms with E-state index in [2.05, 4.69) is 23.1 Å². The quantitative estimate of drug-likeness (QED) is 0.194. The molecule has 16 nitrogen and oxygen atoms in total. The lowest BCUT2D eigenvalue weighted by molar-refractivity contribution is -0.0431. The van der Waals surface area contributed by atoms with Gasteiger partial charge in [0, 0.05) is 6.20 Å². The lowest BCUT2D eigenvalue weighted by Gasteiger charge is -2.26. The first-order valence-electron chi connectivity index (χ1n) is 8.51. The van der Waals surface area contributed by atoms with Crippen LogP contribution in [0.5, 0.6) is 0 Å². The number of rotatable bonds is 8. The molecule has 6 atom stereocenters. The van der Waals surface area contributed by atoms with Crippen molar-refractivity contribution in [3.05, 3.63) is 18.3 Å². The Labute approximate surface area is 188 Å². The fourth-order valence-electron chi connectivity index (χ4n) is 3.06. The Bertz CT molecular complexity index is 1210. The third kappa shape index (κ3) is 5.80. The average Bonchev–Trinajstić information content (AvgIpc) is 3.06. The molecule has 186 valence electrons. The highest BCUT2D eigenvalue weighted by atomic mass is 35.5. The van der Waals surface area contributed by atoms with Gasteiger partial charge in [-0.3, -0.25) is 4.52 Å². The van der Waals surface area contributed by atoms with Crippen LogP contribution in [0.1, 0.15) is 13.2 Å². The van der Waals surface area contributed by atoms with Gasteiger partial charge < -0.3 is 39.7 Å². The van der Waals surface area contributed by atoms with Crippen molar-refractivity contribution < 1.29 is 60.6 Å². The maximum atomic E-state index is 14.4. The molecule has 3 heterocycles. The molecule has 33 heavy (non-hydrogen) atoms. The highest BCUT2D eigenvalue weighted by molar-refractivity contribution is 7.66. The number of anilines is 1. The van der Waals surface area contributed by atoms with Crippen LogP contribution in [0, 0.1) is 5.82 Å². The third-order valence-electron chi connectivity index (χ3n) is 4.38. The second-order valence-electron chi connectivity index (χ2n) is 6.85. The van der Waals surface area contributed by atoms with Crippen molar-refractivity contribution in [1.82, 2.24) is 14.5 Å². The van der Waals surface area contributed by atoms with Crippen LogP contribution >= 0.6 is 35.1 Å². The number of aliphatic hydroxyl groups is 1. The Morgan fingerprint density at radius 3 is 2.48 bits per heavy atom. The number of phosphoric acid groups is 3. The van der Waals surface area contributed by atoms with Crippen LogP contribution in [-0.2, 0) is 31.6 Å². The number of nitrogen functional groups attached to an aromatic ring is 1. The minimum Gasteiger partial charge on any atom is -0.388 e. The largest absolute Gasteiger partial charge is 0.490 e. The maximum Gasteiger partial charge on any atom is 0.490 e. The summed E-state index contributed by atoms with van der Waals surface area (Å²) < 4.78 is 66.7. The number of hydrogen-bond acceptors (Lipinski definition) is 11. The van der Waals surface area contributed by atoms with Crippen LogP contribution in [0.25, 0.3) is 11.0 Å². The Morgan fingerprint density at radius 1 is 1.24 bits per heavy atom. The SMILES string of the molecule is CC1(Cl)C(O)C(COP(=O)(O)OP(=O)(O)OP(=O)(O)O)OC1n1cc(F)c2c(N)ncnc21. The van der Waals surface area contributed by atoms with Gasteiger partial charge in [0.25, 0.3) is 0 Å². The first-order valence-corrected chi connectivity index (χ1v) is 13.4. The lowest BCUT2D eigenvalue weighted by Crippen LogP contribution is -2.39. The van der Waals surface area contributed by atoms with E-state index in [0.717, 1.165) is 17.1 Å². The molecule has 0 aliphatic carbocycles. The van der Waals surface area contributed by atoms with Gasteiger partial charge >= 0.3 is 23.5 Å². The van der Waals surface area contributed by atoms with E-state index in [1.54, 1.807) is 0 Å². The smallest absolute Gasteiger partial charge is 0.388 e. The molecular formula is C12H17ClFN4O12P3. The maximum absolute atomic E-state index is 14.4. The van der Waals surface area contributed by atoms with Gasteiger partial charge in [-0.25, -0.2) is 28.1 Å². The number of alkyl halides is 1. The van der Waals surface area contributed by atoms with Crippen LogP contribution in [0.3, 0.4) is 0 Å². The summed E-state index contributed by atoms with van der Waals surface area (Å²) in [4.78, 5) is 41.7. The second-order valence-corrected chi connectivity index (χ2v) is 12.1. The summed E-state index contributed by atoms with van der Waals surface area (Å²) in [6, 6.07) is 0. The zero-order valence-electron chi connectivity index (χ0n) is 16.2. The zero-order valence-corrected chi connectivity index (χ0v) is 19.6. The summed E-state index contributed by atoms with van der Waals surface area (Å²) in [6.45, 7) is 0.339. The van der Waals surface area contributed by atoms with E-state index in [1.807, 2.05) is 0 Å². The Kier molecular flexibility index (Phi) is 7.15. The lowest BCUT2D eigenvalue weighted by atomic mass is 10.0. The van der Waals surface area contributed by atoms with E-state index in [1.165, 1.54) is 6.92 Å². The standard InChI is InChI=1S/C12H17ClFN4O12P3/c1-12(13)8(19)6(3-27-32(23,24)30-33(25,26)29-31(20,21)22)28-11(12)18-2-5(14)7-9(15)16-4-17-10(7)18/h2,4,6,8,11,19H,3H2,1H3,(H,23,24)(H,25,26)(H2,15,16,17)(H2,20,21,22). The first-order chi connectivity index (χ1) is 14.9. The third-order valence-corrected chi connectivity index (χ3v) is 8.59. The van der Waals surface area contributed by atoms with Crippen LogP contribution in [-0.4, -0.2) is 62.9 Å². The highest BCUT2D eigenvalue weighted by Gasteiger charge is 2.54. The van der Waals surface area contributed by atoms with Gasteiger partial charge in [0.2, 0.25) is 0 Å².